The molecular formula is C15H28N2. The van der Waals surface area contributed by atoms with Gasteiger partial charge < -0.3 is 0 Å². The molecule has 2 rings (SSSR count). The van der Waals surface area contributed by atoms with E-state index >= 15 is 0 Å². The Morgan fingerprint density at radius 2 is 1.82 bits per heavy atom. The highest BCUT2D eigenvalue weighted by Gasteiger charge is 2.36. The summed E-state index contributed by atoms with van der Waals surface area (Å²) in [7, 11) is 0. The van der Waals surface area contributed by atoms with Crippen molar-refractivity contribution in [2.75, 3.05) is 0 Å². The average Bonchev–Trinajstić information content (AvgIpc) is 2.60. The van der Waals surface area contributed by atoms with E-state index in [-0.39, 0.29) is 0 Å². The lowest BCUT2D eigenvalue weighted by atomic mass is 9.68. The van der Waals surface area contributed by atoms with Crippen molar-refractivity contribution in [2.24, 2.45) is 11.3 Å². The SMILES string of the molecule is CC1(C(NN)C2=CCCCCC2)CCCCC1. The van der Waals surface area contributed by atoms with E-state index < -0.39 is 0 Å². The summed E-state index contributed by atoms with van der Waals surface area (Å²) in [6, 6.07) is 0.418. The molecule has 0 saturated heterocycles. The highest BCUT2D eigenvalue weighted by atomic mass is 15.2. The van der Waals surface area contributed by atoms with Crippen LogP contribution in [0.25, 0.3) is 0 Å². The van der Waals surface area contributed by atoms with Crippen LogP contribution in [0.5, 0.6) is 0 Å². The number of hydrogen-bond donors (Lipinski definition) is 2. The Labute approximate surface area is 106 Å². The molecule has 0 aromatic rings. The molecule has 0 aromatic carbocycles. The normalized spacial score (nSPS) is 27.1. The molecule has 2 aliphatic carbocycles. The van der Waals surface area contributed by atoms with Gasteiger partial charge in [0.05, 0.1) is 0 Å². The number of rotatable bonds is 3. The van der Waals surface area contributed by atoms with E-state index in [1.165, 1.54) is 64.2 Å². The second-order valence-electron chi connectivity index (χ2n) is 6.19. The summed E-state index contributed by atoms with van der Waals surface area (Å²) in [6.07, 6.45) is 15.9. The van der Waals surface area contributed by atoms with E-state index in [4.69, 9.17) is 5.84 Å². The highest BCUT2D eigenvalue weighted by molar-refractivity contribution is 5.16. The number of allylic oxidation sites excluding steroid dienone is 1. The Morgan fingerprint density at radius 3 is 2.53 bits per heavy atom. The Morgan fingerprint density at radius 1 is 1.12 bits per heavy atom. The van der Waals surface area contributed by atoms with Gasteiger partial charge in [0.25, 0.3) is 0 Å². The Bertz CT molecular complexity index is 264. The summed E-state index contributed by atoms with van der Waals surface area (Å²) < 4.78 is 0. The molecule has 0 aliphatic heterocycles. The second-order valence-corrected chi connectivity index (χ2v) is 6.19. The molecule has 2 aliphatic rings. The molecule has 0 amide bonds. The number of nitrogens with one attached hydrogen (secondary N) is 1. The van der Waals surface area contributed by atoms with Gasteiger partial charge in [-0.25, -0.2) is 0 Å². The quantitative estimate of drug-likeness (QED) is 0.446. The lowest BCUT2D eigenvalue weighted by Crippen LogP contribution is -2.49. The fourth-order valence-electron chi connectivity index (χ4n) is 3.71. The zero-order valence-electron chi connectivity index (χ0n) is 11.3. The van der Waals surface area contributed by atoms with Gasteiger partial charge in [-0.1, -0.05) is 44.3 Å². The molecular weight excluding hydrogens is 208 g/mol. The molecule has 1 saturated carbocycles. The molecule has 1 fully saturated rings. The second kappa shape index (κ2) is 6.01. The van der Waals surface area contributed by atoms with Gasteiger partial charge in [-0.15, -0.1) is 0 Å². The summed E-state index contributed by atoms with van der Waals surface area (Å²) in [5.41, 5.74) is 5.13. The lowest BCUT2D eigenvalue weighted by molar-refractivity contribution is 0.162. The Hall–Kier alpha value is -0.340. The fourth-order valence-corrected chi connectivity index (χ4v) is 3.71. The van der Waals surface area contributed by atoms with Crippen molar-refractivity contribution in [1.82, 2.24) is 5.43 Å². The average molecular weight is 236 g/mol. The maximum atomic E-state index is 5.88. The summed E-state index contributed by atoms with van der Waals surface area (Å²) in [5.74, 6) is 5.88. The zero-order chi connectivity index (χ0) is 12.1. The van der Waals surface area contributed by atoms with Crippen molar-refractivity contribution < 1.29 is 0 Å². The number of hydrogen-bond acceptors (Lipinski definition) is 2. The van der Waals surface area contributed by atoms with E-state index in [0.717, 1.165) is 0 Å². The van der Waals surface area contributed by atoms with Gasteiger partial charge in [0, 0.05) is 6.04 Å². The summed E-state index contributed by atoms with van der Waals surface area (Å²) in [6.45, 7) is 2.43. The van der Waals surface area contributed by atoms with Crippen molar-refractivity contribution in [2.45, 2.75) is 77.2 Å². The minimum Gasteiger partial charge on any atom is -0.271 e. The highest BCUT2D eigenvalue weighted by Crippen LogP contribution is 2.42. The topological polar surface area (TPSA) is 38.0 Å². The van der Waals surface area contributed by atoms with E-state index in [9.17, 15) is 0 Å². The molecule has 2 nitrogen and oxygen atoms in total. The van der Waals surface area contributed by atoms with Crippen LogP contribution in [0.4, 0.5) is 0 Å². The molecule has 1 atom stereocenters. The molecule has 0 radical (unpaired) electrons. The van der Waals surface area contributed by atoms with E-state index in [1.54, 1.807) is 5.57 Å². The van der Waals surface area contributed by atoms with Crippen LogP contribution in [0.3, 0.4) is 0 Å². The van der Waals surface area contributed by atoms with Gasteiger partial charge in [0.2, 0.25) is 0 Å². The zero-order valence-corrected chi connectivity index (χ0v) is 11.3. The molecule has 0 spiro atoms. The molecule has 0 bridgehead atoms. The third-order valence-corrected chi connectivity index (χ3v) is 4.81. The van der Waals surface area contributed by atoms with Crippen LogP contribution in [0, 0.1) is 5.41 Å². The first-order valence-corrected chi connectivity index (χ1v) is 7.41. The smallest absolute Gasteiger partial charge is 0.0473 e. The standard InChI is InChI=1S/C15H28N2/c1-15(11-7-4-8-12-15)14(17-16)13-9-5-2-3-6-10-13/h9,14,17H,2-8,10-12,16H2,1H3. The largest absolute Gasteiger partial charge is 0.271 e. The van der Waals surface area contributed by atoms with Crippen LogP contribution in [0.2, 0.25) is 0 Å². The molecule has 98 valence electrons. The maximum Gasteiger partial charge on any atom is 0.0473 e. The number of nitrogens with two attached hydrogens (primary N) is 1. The van der Waals surface area contributed by atoms with Crippen LogP contribution in [-0.4, -0.2) is 6.04 Å². The van der Waals surface area contributed by atoms with Crippen LogP contribution in [0.15, 0.2) is 11.6 Å². The predicted molar refractivity (Wildman–Crippen MR) is 73.5 cm³/mol. The summed E-state index contributed by atoms with van der Waals surface area (Å²) in [5, 5.41) is 0. The van der Waals surface area contributed by atoms with Crippen LogP contribution < -0.4 is 11.3 Å². The van der Waals surface area contributed by atoms with Crippen molar-refractivity contribution in [1.29, 1.82) is 0 Å². The van der Waals surface area contributed by atoms with Gasteiger partial charge in [0.15, 0.2) is 0 Å². The summed E-state index contributed by atoms with van der Waals surface area (Å²) >= 11 is 0. The van der Waals surface area contributed by atoms with Gasteiger partial charge in [0.1, 0.15) is 0 Å². The molecule has 0 aromatic heterocycles. The van der Waals surface area contributed by atoms with Gasteiger partial charge in [-0.2, -0.15) is 0 Å². The Balaban J connectivity index is 2.10. The van der Waals surface area contributed by atoms with Gasteiger partial charge in [-0.05, 0) is 43.9 Å². The van der Waals surface area contributed by atoms with Crippen LogP contribution in [-0.2, 0) is 0 Å². The van der Waals surface area contributed by atoms with Gasteiger partial charge >= 0.3 is 0 Å². The molecule has 2 heteroatoms. The van der Waals surface area contributed by atoms with Crippen molar-refractivity contribution in [3.05, 3.63) is 11.6 Å². The minimum atomic E-state index is 0.392. The van der Waals surface area contributed by atoms with E-state index in [2.05, 4.69) is 18.4 Å². The third kappa shape index (κ3) is 3.11. The maximum absolute atomic E-state index is 5.88. The van der Waals surface area contributed by atoms with Crippen molar-refractivity contribution in [3.63, 3.8) is 0 Å². The van der Waals surface area contributed by atoms with E-state index in [1.807, 2.05) is 0 Å². The molecule has 1 unspecified atom stereocenters. The first kappa shape index (κ1) is 13.1. The monoisotopic (exact) mass is 236 g/mol. The van der Waals surface area contributed by atoms with Crippen molar-refractivity contribution >= 4 is 0 Å². The van der Waals surface area contributed by atoms with Crippen LogP contribution >= 0.6 is 0 Å². The minimum absolute atomic E-state index is 0.392. The lowest BCUT2D eigenvalue weighted by Gasteiger charge is -2.41. The Kier molecular flexibility index (Phi) is 4.63. The molecule has 3 N–H and O–H groups in total. The number of hydrazine groups is 1. The molecule has 0 heterocycles. The fraction of sp³-hybridized carbons (Fsp3) is 0.867. The molecule has 17 heavy (non-hydrogen) atoms. The van der Waals surface area contributed by atoms with Gasteiger partial charge in [-0.3, -0.25) is 11.3 Å². The summed E-state index contributed by atoms with van der Waals surface area (Å²) in [4.78, 5) is 0. The van der Waals surface area contributed by atoms with Crippen LogP contribution in [0.1, 0.15) is 71.1 Å². The third-order valence-electron chi connectivity index (χ3n) is 4.81. The first-order chi connectivity index (χ1) is 8.26. The first-order valence-electron chi connectivity index (χ1n) is 7.41. The predicted octanol–water partition coefficient (Wildman–Crippen LogP) is 3.68. The van der Waals surface area contributed by atoms with Crippen molar-refractivity contribution in [3.8, 4) is 0 Å². The van der Waals surface area contributed by atoms with E-state index in [0.29, 0.717) is 11.5 Å².